The molecule has 3 atom stereocenters. The summed E-state index contributed by atoms with van der Waals surface area (Å²) in [5.74, 6) is 2.48. The molecule has 0 amide bonds. The van der Waals surface area contributed by atoms with Crippen molar-refractivity contribution in [1.82, 2.24) is 10.2 Å². The number of guanidine groups is 1. The molecule has 3 heteroatoms. The van der Waals surface area contributed by atoms with Gasteiger partial charge < -0.3 is 10.2 Å². The minimum Gasteiger partial charge on any atom is -0.350 e. The molecule has 0 aromatic heterocycles. The van der Waals surface area contributed by atoms with Crippen molar-refractivity contribution in [1.29, 1.82) is 0 Å². The van der Waals surface area contributed by atoms with E-state index in [1.807, 2.05) is 0 Å². The summed E-state index contributed by atoms with van der Waals surface area (Å²) in [6.07, 6.45) is 2.63. The van der Waals surface area contributed by atoms with Crippen LogP contribution in [0.1, 0.15) is 63.6 Å². The van der Waals surface area contributed by atoms with Crippen molar-refractivity contribution in [3.8, 4) is 0 Å². The molecule has 0 spiro atoms. The maximum absolute atomic E-state index is 4.76. The van der Waals surface area contributed by atoms with Gasteiger partial charge in [0, 0.05) is 6.54 Å². The number of rotatable bonds is 3. The monoisotopic (exact) mass is 299 g/mol. The summed E-state index contributed by atoms with van der Waals surface area (Å²) in [5.41, 5.74) is 2.74. The lowest BCUT2D eigenvalue weighted by molar-refractivity contribution is 0.210. The van der Waals surface area contributed by atoms with E-state index in [2.05, 4.69) is 62.2 Å². The van der Waals surface area contributed by atoms with Gasteiger partial charge in [-0.05, 0) is 42.7 Å². The molecule has 1 aromatic carbocycles. The average Bonchev–Trinajstić information content (AvgIpc) is 2.89. The van der Waals surface area contributed by atoms with Crippen LogP contribution in [-0.4, -0.2) is 30.0 Å². The summed E-state index contributed by atoms with van der Waals surface area (Å²) in [4.78, 5) is 7.25. The minimum absolute atomic E-state index is 0.302. The zero-order valence-electron chi connectivity index (χ0n) is 14.3. The van der Waals surface area contributed by atoms with Gasteiger partial charge in [0.2, 0.25) is 0 Å². The molecule has 1 N–H and O–H groups in total. The standard InChI is InChI=1S/C19H29N3/c1-13(2)16-6-8-17(9-7-16)15(4)21-19-20-11-18-10-5-14(3)12-22(18)19/h6-9,13-15,18H,5,10-12H2,1-4H3,(H,20,21). The molecule has 1 aromatic rings. The van der Waals surface area contributed by atoms with Gasteiger partial charge in [0.15, 0.2) is 5.96 Å². The summed E-state index contributed by atoms with van der Waals surface area (Å²) in [7, 11) is 0. The lowest BCUT2D eigenvalue weighted by atomic mass is 9.95. The quantitative estimate of drug-likeness (QED) is 0.915. The smallest absolute Gasteiger partial charge is 0.194 e. The highest BCUT2D eigenvalue weighted by molar-refractivity contribution is 5.82. The molecule has 120 valence electrons. The Labute approximate surface area is 134 Å². The van der Waals surface area contributed by atoms with E-state index in [1.54, 1.807) is 0 Å². The molecule has 3 nitrogen and oxygen atoms in total. The van der Waals surface area contributed by atoms with Crippen molar-refractivity contribution >= 4 is 5.96 Å². The van der Waals surface area contributed by atoms with Gasteiger partial charge in [-0.1, -0.05) is 45.0 Å². The third-order valence-corrected chi connectivity index (χ3v) is 5.11. The Morgan fingerprint density at radius 3 is 2.45 bits per heavy atom. The molecule has 22 heavy (non-hydrogen) atoms. The molecule has 2 aliphatic heterocycles. The molecule has 0 saturated carbocycles. The van der Waals surface area contributed by atoms with Crippen LogP contribution in [0.25, 0.3) is 0 Å². The van der Waals surface area contributed by atoms with Crippen molar-refractivity contribution in [2.45, 2.75) is 58.5 Å². The molecule has 2 aliphatic rings. The lowest BCUT2D eigenvalue weighted by Gasteiger charge is -2.36. The fourth-order valence-electron chi connectivity index (χ4n) is 3.52. The number of fused-ring (bicyclic) bond motifs is 1. The Morgan fingerprint density at radius 2 is 1.77 bits per heavy atom. The van der Waals surface area contributed by atoms with Gasteiger partial charge in [0.05, 0.1) is 18.6 Å². The second-order valence-electron chi connectivity index (χ2n) is 7.34. The van der Waals surface area contributed by atoms with E-state index >= 15 is 0 Å². The first kappa shape index (κ1) is 15.4. The maximum atomic E-state index is 4.76. The van der Waals surface area contributed by atoms with Crippen LogP contribution in [0.5, 0.6) is 0 Å². The van der Waals surface area contributed by atoms with Gasteiger partial charge in [-0.3, -0.25) is 4.99 Å². The van der Waals surface area contributed by atoms with E-state index in [9.17, 15) is 0 Å². The SMILES string of the molecule is CC1CCC2CN=C(NC(C)c3ccc(C(C)C)cc3)N2C1. The first-order valence-corrected chi connectivity index (χ1v) is 8.72. The number of piperidine rings is 1. The highest BCUT2D eigenvalue weighted by atomic mass is 15.4. The number of nitrogens with one attached hydrogen (secondary N) is 1. The second kappa shape index (κ2) is 6.31. The van der Waals surface area contributed by atoms with Crippen LogP contribution in [0.3, 0.4) is 0 Å². The van der Waals surface area contributed by atoms with Crippen LogP contribution in [0, 0.1) is 5.92 Å². The Balaban J connectivity index is 1.65. The number of hydrogen-bond donors (Lipinski definition) is 1. The maximum Gasteiger partial charge on any atom is 0.194 e. The average molecular weight is 299 g/mol. The summed E-state index contributed by atoms with van der Waals surface area (Å²) < 4.78 is 0. The van der Waals surface area contributed by atoms with E-state index in [0.29, 0.717) is 18.0 Å². The van der Waals surface area contributed by atoms with Gasteiger partial charge in [-0.15, -0.1) is 0 Å². The van der Waals surface area contributed by atoms with Crippen LogP contribution < -0.4 is 5.32 Å². The van der Waals surface area contributed by atoms with Crippen molar-refractivity contribution in [2.75, 3.05) is 13.1 Å². The fourth-order valence-corrected chi connectivity index (χ4v) is 3.52. The van der Waals surface area contributed by atoms with Crippen molar-refractivity contribution in [3.63, 3.8) is 0 Å². The first-order valence-electron chi connectivity index (χ1n) is 8.72. The molecular weight excluding hydrogens is 270 g/mol. The predicted octanol–water partition coefficient (Wildman–Crippen LogP) is 3.93. The van der Waals surface area contributed by atoms with E-state index in [0.717, 1.165) is 25.0 Å². The molecule has 0 aliphatic carbocycles. The van der Waals surface area contributed by atoms with E-state index < -0.39 is 0 Å². The molecule has 0 radical (unpaired) electrons. The summed E-state index contributed by atoms with van der Waals surface area (Å²) >= 11 is 0. The Morgan fingerprint density at radius 1 is 1.09 bits per heavy atom. The van der Waals surface area contributed by atoms with Crippen molar-refractivity contribution in [2.24, 2.45) is 10.9 Å². The summed E-state index contributed by atoms with van der Waals surface area (Å²) in [5, 5.41) is 3.64. The zero-order chi connectivity index (χ0) is 15.7. The van der Waals surface area contributed by atoms with Crippen LogP contribution in [0.4, 0.5) is 0 Å². The Bertz CT molecular complexity index is 532. The van der Waals surface area contributed by atoms with Gasteiger partial charge in [0.25, 0.3) is 0 Å². The van der Waals surface area contributed by atoms with Crippen LogP contribution in [-0.2, 0) is 0 Å². The van der Waals surface area contributed by atoms with E-state index in [-0.39, 0.29) is 0 Å². The normalized spacial score (nSPS) is 25.9. The third-order valence-electron chi connectivity index (χ3n) is 5.11. The van der Waals surface area contributed by atoms with Crippen LogP contribution in [0.2, 0.25) is 0 Å². The van der Waals surface area contributed by atoms with Gasteiger partial charge in [-0.25, -0.2) is 0 Å². The Kier molecular flexibility index (Phi) is 4.42. The van der Waals surface area contributed by atoms with Crippen LogP contribution in [0.15, 0.2) is 29.3 Å². The van der Waals surface area contributed by atoms with E-state index in [1.165, 1.54) is 24.0 Å². The largest absolute Gasteiger partial charge is 0.350 e. The topological polar surface area (TPSA) is 27.6 Å². The zero-order valence-corrected chi connectivity index (χ0v) is 14.3. The van der Waals surface area contributed by atoms with Gasteiger partial charge in [0.1, 0.15) is 0 Å². The molecule has 1 fully saturated rings. The molecule has 0 bridgehead atoms. The highest BCUT2D eigenvalue weighted by Gasteiger charge is 2.33. The predicted molar refractivity (Wildman–Crippen MR) is 93.3 cm³/mol. The van der Waals surface area contributed by atoms with E-state index in [4.69, 9.17) is 4.99 Å². The number of benzene rings is 1. The molecular formula is C19H29N3. The summed E-state index contributed by atoms with van der Waals surface area (Å²) in [6.45, 7) is 11.2. The number of aliphatic imine (C=N–C) groups is 1. The van der Waals surface area contributed by atoms with Gasteiger partial charge in [-0.2, -0.15) is 0 Å². The highest BCUT2D eigenvalue weighted by Crippen LogP contribution is 2.26. The number of hydrogen-bond acceptors (Lipinski definition) is 3. The summed E-state index contributed by atoms with van der Waals surface area (Å²) in [6, 6.07) is 9.93. The number of nitrogens with zero attached hydrogens (tertiary/aromatic N) is 2. The lowest BCUT2D eigenvalue weighted by Crippen LogP contribution is -2.48. The van der Waals surface area contributed by atoms with Crippen LogP contribution >= 0.6 is 0 Å². The first-order chi connectivity index (χ1) is 10.5. The second-order valence-corrected chi connectivity index (χ2v) is 7.34. The molecule has 3 rings (SSSR count). The molecule has 1 saturated heterocycles. The molecule has 2 heterocycles. The van der Waals surface area contributed by atoms with Gasteiger partial charge >= 0.3 is 0 Å². The third kappa shape index (κ3) is 3.13. The fraction of sp³-hybridized carbons (Fsp3) is 0.632. The van der Waals surface area contributed by atoms with Crippen molar-refractivity contribution in [3.05, 3.63) is 35.4 Å². The van der Waals surface area contributed by atoms with Crippen molar-refractivity contribution < 1.29 is 0 Å². The Hall–Kier alpha value is -1.51. The molecule has 3 unspecified atom stereocenters. The minimum atomic E-state index is 0.302.